The van der Waals surface area contributed by atoms with Gasteiger partial charge in [-0.15, -0.1) is 0 Å². The highest BCUT2D eigenvalue weighted by molar-refractivity contribution is 9.10. The molecule has 1 atom stereocenters. The average Bonchev–Trinajstić information content (AvgIpc) is 2.91. The molecular formula is C16H15BrN4O. The summed E-state index contributed by atoms with van der Waals surface area (Å²) in [6.07, 6.45) is 5.73. The third-order valence-electron chi connectivity index (χ3n) is 3.33. The Kier molecular flexibility index (Phi) is 4.20. The van der Waals surface area contributed by atoms with E-state index in [9.17, 15) is 4.79 Å². The van der Waals surface area contributed by atoms with E-state index in [1.165, 1.54) is 5.56 Å². The molecule has 0 bridgehead atoms. The van der Waals surface area contributed by atoms with Crippen LogP contribution >= 0.6 is 15.9 Å². The van der Waals surface area contributed by atoms with Crippen LogP contribution in [0.1, 0.15) is 22.8 Å². The van der Waals surface area contributed by atoms with Gasteiger partial charge in [-0.3, -0.25) is 4.79 Å². The zero-order valence-corrected chi connectivity index (χ0v) is 13.6. The largest absolute Gasteiger partial charge is 0.349 e. The van der Waals surface area contributed by atoms with Crippen LogP contribution < -0.4 is 5.32 Å². The fourth-order valence-corrected chi connectivity index (χ4v) is 2.80. The molecule has 1 unspecified atom stereocenters. The lowest BCUT2D eigenvalue weighted by Crippen LogP contribution is -2.34. The molecule has 2 heterocycles. The summed E-state index contributed by atoms with van der Waals surface area (Å²) in [4.78, 5) is 16.6. The van der Waals surface area contributed by atoms with E-state index in [4.69, 9.17) is 0 Å². The van der Waals surface area contributed by atoms with Crippen LogP contribution in [0.25, 0.3) is 5.65 Å². The van der Waals surface area contributed by atoms with Gasteiger partial charge >= 0.3 is 0 Å². The molecule has 2 aromatic heterocycles. The highest BCUT2D eigenvalue weighted by atomic mass is 79.9. The molecule has 0 saturated carbocycles. The summed E-state index contributed by atoms with van der Waals surface area (Å²) < 4.78 is 2.63. The summed E-state index contributed by atoms with van der Waals surface area (Å²) >= 11 is 3.45. The molecule has 22 heavy (non-hydrogen) atoms. The first kappa shape index (κ1) is 14.7. The molecule has 0 aliphatic carbocycles. The number of hydrogen-bond acceptors (Lipinski definition) is 3. The van der Waals surface area contributed by atoms with Crippen molar-refractivity contribution in [3.63, 3.8) is 0 Å². The number of benzene rings is 1. The van der Waals surface area contributed by atoms with Crippen molar-refractivity contribution < 1.29 is 4.79 Å². The Balaban J connectivity index is 1.71. The van der Waals surface area contributed by atoms with Crippen LogP contribution in [0.15, 0.2) is 53.4 Å². The van der Waals surface area contributed by atoms with Gasteiger partial charge in [0.05, 0.1) is 6.20 Å². The van der Waals surface area contributed by atoms with Gasteiger partial charge < -0.3 is 5.32 Å². The lowest BCUT2D eigenvalue weighted by molar-refractivity contribution is 0.0941. The van der Waals surface area contributed by atoms with Gasteiger partial charge in [-0.05, 0) is 37.1 Å². The van der Waals surface area contributed by atoms with Crippen molar-refractivity contribution in [1.82, 2.24) is 19.9 Å². The highest BCUT2D eigenvalue weighted by Gasteiger charge is 2.15. The maximum absolute atomic E-state index is 12.4. The van der Waals surface area contributed by atoms with E-state index in [0.29, 0.717) is 11.2 Å². The van der Waals surface area contributed by atoms with Crippen molar-refractivity contribution in [2.45, 2.75) is 19.4 Å². The van der Waals surface area contributed by atoms with Crippen molar-refractivity contribution >= 4 is 27.5 Å². The Hall–Kier alpha value is -2.21. The lowest BCUT2D eigenvalue weighted by atomic mass is 10.1. The highest BCUT2D eigenvalue weighted by Crippen LogP contribution is 2.13. The molecule has 3 rings (SSSR count). The Labute approximate surface area is 136 Å². The van der Waals surface area contributed by atoms with Gasteiger partial charge in [-0.25, -0.2) is 9.50 Å². The van der Waals surface area contributed by atoms with Crippen LogP contribution in [0, 0.1) is 0 Å². The van der Waals surface area contributed by atoms with E-state index in [1.54, 1.807) is 29.2 Å². The summed E-state index contributed by atoms with van der Waals surface area (Å²) in [5.74, 6) is -0.156. The number of amides is 1. The summed E-state index contributed by atoms with van der Waals surface area (Å²) in [5.41, 5.74) is 2.22. The van der Waals surface area contributed by atoms with Crippen LogP contribution in [0.3, 0.4) is 0 Å². The Bertz CT molecular complexity index is 815. The van der Waals surface area contributed by atoms with Crippen LogP contribution in [0.2, 0.25) is 0 Å². The maximum Gasteiger partial charge on any atom is 0.256 e. The van der Waals surface area contributed by atoms with E-state index in [2.05, 4.69) is 37.4 Å². The van der Waals surface area contributed by atoms with Crippen molar-refractivity contribution in [2.24, 2.45) is 0 Å². The molecular weight excluding hydrogens is 344 g/mol. The van der Waals surface area contributed by atoms with Crippen molar-refractivity contribution in [1.29, 1.82) is 0 Å². The van der Waals surface area contributed by atoms with E-state index in [1.807, 2.05) is 25.1 Å². The average molecular weight is 359 g/mol. The van der Waals surface area contributed by atoms with Crippen LogP contribution in [-0.4, -0.2) is 26.5 Å². The molecule has 3 aromatic rings. The smallest absolute Gasteiger partial charge is 0.256 e. The number of aromatic nitrogens is 3. The van der Waals surface area contributed by atoms with Gasteiger partial charge in [-0.2, -0.15) is 5.10 Å². The van der Waals surface area contributed by atoms with Gasteiger partial charge in [0, 0.05) is 22.9 Å². The standard InChI is InChI=1S/C16H15BrN4O/c1-11(8-12-4-2-5-13(17)9-12)20-16(22)14-10-19-21-7-3-6-18-15(14)21/h2-7,9-11H,8H2,1H3,(H,20,22). The van der Waals surface area contributed by atoms with E-state index in [-0.39, 0.29) is 11.9 Å². The van der Waals surface area contributed by atoms with Gasteiger partial charge in [0.25, 0.3) is 5.91 Å². The molecule has 1 N–H and O–H groups in total. The van der Waals surface area contributed by atoms with Crippen molar-refractivity contribution in [3.05, 3.63) is 64.5 Å². The van der Waals surface area contributed by atoms with Crippen LogP contribution in [0.5, 0.6) is 0 Å². The minimum atomic E-state index is -0.156. The summed E-state index contributed by atoms with van der Waals surface area (Å²) in [6.45, 7) is 1.98. The second-order valence-electron chi connectivity index (χ2n) is 5.15. The van der Waals surface area contributed by atoms with E-state index >= 15 is 0 Å². The zero-order chi connectivity index (χ0) is 15.5. The molecule has 0 aliphatic rings. The van der Waals surface area contributed by atoms with Crippen molar-refractivity contribution in [2.75, 3.05) is 0 Å². The first-order chi connectivity index (χ1) is 10.6. The summed E-state index contributed by atoms with van der Waals surface area (Å²) in [7, 11) is 0. The fourth-order valence-electron chi connectivity index (χ4n) is 2.36. The van der Waals surface area contributed by atoms with Gasteiger partial charge in [0.15, 0.2) is 5.65 Å². The Morgan fingerprint density at radius 1 is 1.41 bits per heavy atom. The zero-order valence-electron chi connectivity index (χ0n) is 12.0. The van der Waals surface area contributed by atoms with Crippen LogP contribution in [0.4, 0.5) is 0 Å². The molecule has 1 amide bonds. The fraction of sp³-hybridized carbons (Fsp3) is 0.188. The number of hydrogen-bond donors (Lipinski definition) is 1. The maximum atomic E-state index is 12.4. The van der Waals surface area contributed by atoms with Crippen molar-refractivity contribution in [3.8, 4) is 0 Å². The second kappa shape index (κ2) is 6.27. The first-order valence-corrected chi connectivity index (χ1v) is 7.76. The minimum absolute atomic E-state index is 0.0143. The number of carbonyl (C=O) groups is 1. The summed E-state index contributed by atoms with van der Waals surface area (Å²) in [6, 6.07) is 9.86. The normalized spacial score (nSPS) is 12.3. The summed E-state index contributed by atoms with van der Waals surface area (Å²) in [5, 5.41) is 7.12. The molecule has 0 radical (unpaired) electrons. The Morgan fingerprint density at radius 2 is 2.27 bits per heavy atom. The van der Waals surface area contributed by atoms with Crippen LogP contribution in [-0.2, 0) is 6.42 Å². The molecule has 0 aliphatic heterocycles. The van der Waals surface area contributed by atoms with E-state index in [0.717, 1.165) is 10.9 Å². The number of nitrogens with zero attached hydrogens (tertiary/aromatic N) is 3. The number of halogens is 1. The molecule has 5 nitrogen and oxygen atoms in total. The number of fused-ring (bicyclic) bond motifs is 1. The third-order valence-corrected chi connectivity index (χ3v) is 3.83. The molecule has 0 saturated heterocycles. The molecule has 112 valence electrons. The SMILES string of the molecule is CC(Cc1cccc(Br)c1)NC(=O)c1cnn2cccnc12. The third kappa shape index (κ3) is 3.17. The quantitative estimate of drug-likeness (QED) is 0.779. The van der Waals surface area contributed by atoms with Gasteiger partial charge in [-0.1, -0.05) is 28.1 Å². The molecule has 0 spiro atoms. The monoisotopic (exact) mass is 358 g/mol. The number of nitrogens with one attached hydrogen (secondary N) is 1. The van der Waals surface area contributed by atoms with E-state index < -0.39 is 0 Å². The predicted molar refractivity (Wildman–Crippen MR) is 87.8 cm³/mol. The Morgan fingerprint density at radius 3 is 3.09 bits per heavy atom. The first-order valence-electron chi connectivity index (χ1n) is 6.97. The number of carbonyl (C=O) groups excluding carboxylic acids is 1. The minimum Gasteiger partial charge on any atom is -0.349 e. The number of rotatable bonds is 4. The molecule has 0 fully saturated rings. The predicted octanol–water partition coefficient (Wildman–Crippen LogP) is 2.85. The lowest BCUT2D eigenvalue weighted by Gasteiger charge is -2.13. The van der Waals surface area contributed by atoms with Gasteiger partial charge in [0.1, 0.15) is 5.56 Å². The molecule has 6 heteroatoms. The second-order valence-corrected chi connectivity index (χ2v) is 6.07. The topological polar surface area (TPSA) is 59.3 Å². The van der Waals surface area contributed by atoms with Gasteiger partial charge in [0.2, 0.25) is 0 Å². The molecule has 1 aromatic carbocycles.